The van der Waals surface area contributed by atoms with Gasteiger partial charge in [-0.25, -0.2) is 0 Å². The summed E-state index contributed by atoms with van der Waals surface area (Å²) >= 11 is 0. The van der Waals surface area contributed by atoms with Crippen molar-refractivity contribution in [2.45, 2.75) is 50.6 Å². The van der Waals surface area contributed by atoms with Gasteiger partial charge in [-0.05, 0) is 64.2 Å². The third-order valence-corrected chi connectivity index (χ3v) is 5.34. The maximum Gasteiger partial charge on any atom is 0.240 e. The summed E-state index contributed by atoms with van der Waals surface area (Å²) in [6, 6.07) is 10.9. The molecule has 3 rings (SSSR count). The zero-order chi connectivity index (χ0) is 16.1. The van der Waals surface area contributed by atoms with E-state index < -0.39 is 5.54 Å². The molecule has 0 aromatic heterocycles. The Bertz CT molecular complexity index is 515. The monoisotopic (exact) mass is 387 g/mol. The number of nitrogens with zero attached hydrogens (tertiary/aromatic N) is 1. The molecule has 2 heterocycles. The highest BCUT2D eigenvalue weighted by atomic mass is 35.5. The van der Waals surface area contributed by atoms with Crippen molar-refractivity contribution in [1.29, 1.82) is 0 Å². The minimum absolute atomic E-state index is 0. The molecule has 6 heteroatoms. The van der Waals surface area contributed by atoms with Crippen LogP contribution in [0.25, 0.3) is 0 Å². The zero-order valence-corrected chi connectivity index (χ0v) is 16.6. The van der Waals surface area contributed by atoms with E-state index in [9.17, 15) is 4.79 Å². The number of carbonyl (C=O) groups excluding carboxylic acids is 1. The molecule has 1 aromatic rings. The number of hydrogen-bond acceptors (Lipinski definition) is 3. The van der Waals surface area contributed by atoms with Crippen LogP contribution in [0.5, 0.6) is 0 Å². The third-order valence-electron chi connectivity index (χ3n) is 5.34. The van der Waals surface area contributed by atoms with Gasteiger partial charge in [0.15, 0.2) is 0 Å². The Hall–Kier alpha value is -0.810. The first-order valence-corrected chi connectivity index (χ1v) is 9.01. The Morgan fingerprint density at radius 2 is 1.84 bits per heavy atom. The van der Waals surface area contributed by atoms with Gasteiger partial charge < -0.3 is 10.6 Å². The van der Waals surface area contributed by atoms with Crippen molar-refractivity contribution in [3.8, 4) is 0 Å². The van der Waals surface area contributed by atoms with Gasteiger partial charge >= 0.3 is 0 Å². The summed E-state index contributed by atoms with van der Waals surface area (Å²) in [4.78, 5) is 15.2. The number of amides is 1. The molecule has 2 N–H and O–H groups in total. The number of carbonyl (C=O) groups is 1. The minimum atomic E-state index is -0.398. The van der Waals surface area contributed by atoms with Gasteiger partial charge in [-0.15, -0.1) is 24.8 Å². The summed E-state index contributed by atoms with van der Waals surface area (Å²) in [6.45, 7) is 5.93. The van der Waals surface area contributed by atoms with E-state index in [1.165, 1.54) is 24.8 Å². The second-order valence-electron chi connectivity index (χ2n) is 7.10. The lowest BCUT2D eigenvalue weighted by molar-refractivity contribution is -0.128. The first-order chi connectivity index (χ1) is 11.2. The van der Waals surface area contributed by atoms with E-state index in [-0.39, 0.29) is 36.8 Å². The SMILES string of the molecule is CC1(C(=O)NCC(c2ccccc2)N2CCCC2)CCCCN1.Cl.Cl. The molecule has 1 amide bonds. The molecule has 0 saturated carbocycles. The van der Waals surface area contributed by atoms with Gasteiger partial charge in [-0.1, -0.05) is 30.3 Å². The first kappa shape index (κ1) is 22.2. The van der Waals surface area contributed by atoms with Crippen molar-refractivity contribution in [3.63, 3.8) is 0 Å². The van der Waals surface area contributed by atoms with Gasteiger partial charge in [0.05, 0.1) is 11.6 Å². The molecule has 2 aliphatic rings. The summed E-state index contributed by atoms with van der Waals surface area (Å²) in [5.41, 5.74) is 0.904. The fraction of sp³-hybridized carbons (Fsp3) is 0.632. The van der Waals surface area contributed by atoms with E-state index in [2.05, 4.69) is 45.9 Å². The molecular weight excluding hydrogens is 357 g/mol. The van der Waals surface area contributed by atoms with Gasteiger partial charge in [0.25, 0.3) is 0 Å². The molecule has 1 aromatic carbocycles. The number of piperidine rings is 1. The molecule has 142 valence electrons. The molecule has 2 saturated heterocycles. The quantitative estimate of drug-likeness (QED) is 0.814. The van der Waals surface area contributed by atoms with Crippen LogP contribution in [0.15, 0.2) is 30.3 Å². The summed E-state index contributed by atoms with van der Waals surface area (Å²) in [5, 5.41) is 6.63. The molecule has 4 nitrogen and oxygen atoms in total. The number of likely N-dealkylation sites (tertiary alicyclic amines) is 1. The standard InChI is InChI=1S/C19H29N3O.2ClH/c1-19(11-5-6-12-21-19)18(23)20-15-17(22-13-7-8-14-22)16-9-3-2-4-10-16;;/h2-4,9-10,17,21H,5-8,11-15H2,1H3,(H,20,23);2*1H. The van der Waals surface area contributed by atoms with Crippen molar-refractivity contribution in [2.75, 3.05) is 26.2 Å². The van der Waals surface area contributed by atoms with Gasteiger partial charge in [0, 0.05) is 6.54 Å². The highest BCUT2D eigenvalue weighted by molar-refractivity contribution is 5.86. The molecule has 0 radical (unpaired) electrons. The average molecular weight is 388 g/mol. The molecule has 2 fully saturated rings. The van der Waals surface area contributed by atoms with E-state index >= 15 is 0 Å². The molecule has 25 heavy (non-hydrogen) atoms. The number of halogens is 2. The molecule has 2 atom stereocenters. The van der Waals surface area contributed by atoms with E-state index in [4.69, 9.17) is 0 Å². The van der Waals surface area contributed by atoms with Crippen molar-refractivity contribution in [2.24, 2.45) is 0 Å². The highest BCUT2D eigenvalue weighted by Crippen LogP contribution is 2.25. The number of benzene rings is 1. The van der Waals surface area contributed by atoms with Crippen LogP contribution in [0, 0.1) is 0 Å². The predicted molar refractivity (Wildman–Crippen MR) is 108 cm³/mol. The normalized spacial score (nSPS) is 24.7. The van der Waals surface area contributed by atoms with E-state index in [1.807, 2.05) is 6.92 Å². The minimum Gasteiger partial charge on any atom is -0.353 e. The Morgan fingerprint density at radius 3 is 2.44 bits per heavy atom. The van der Waals surface area contributed by atoms with Crippen LogP contribution in [-0.4, -0.2) is 42.5 Å². The molecule has 0 aliphatic carbocycles. The van der Waals surface area contributed by atoms with E-state index in [0.29, 0.717) is 6.54 Å². The fourth-order valence-electron chi connectivity index (χ4n) is 3.82. The van der Waals surface area contributed by atoms with Crippen LogP contribution in [-0.2, 0) is 4.79 Å². The van der Waals surface area contributed by atoms with Gasteiger partial charge in [0.2, 0.25) is 5.91 Å². The van der Waals surface area contributed by atoms with Crippen LogP contribution in [0.4, 0.5) is 0 Å². The summed E-state index contributed by atoms with van der Waals surface area (Å²) in [5.74, 6) is 0.150. The Morgan fingerprint density at radius 1 is 1.16 bits per heavy atom. The van der Waals surface area contributed by atoms with Gasteiger partial charge in [-0.2, -0.15) is 0 Å². The Balaban J connectivity index is 0.00000156. The predicted octanol–water partition coefficient (Wildman–Crippen LogP) is 3.32. The average Bonchev–Trinajstić information content (AvgIpc) is 3.11. The maximum atomic E-state index is 12.7. The summed E-state index contributed by atoms with van der Waals surface area (Å²) in [7, 11) is 0. The zero-order valence-electron chi connectivity index (χ0n) is 15.0. The molecular formula is C19H31Cl2N3O. The molecule has 0 bridgehead atoms. The van der Waals surface area contributed by atoms with Crippen molar-refractivity contribution in [1.82, 2.24) is 15.5 Å². The van der Waals surface area contributed by atoms with Crippen molar-refractivity contribution >= 4 is 30.7 Å². The summed E-state index contributed by atoms with van der Waals surface area (Å²) < 4.78 is 0. The van der Waals surface area contributed by atoms with Crippen LogP contribution in [0.1, 0.15) is 50.6 Å². The fourth-order valence-corrected chi connectivity index (χ4v) is 3.82. The number of hydrogen-bond donors (Lipinski definition) is 2. The highest BCUT2D eigenvalue weighted by Gasteiger charge is 2.35. The lowest BCUT2D eigenvalue weighted by atomic mass is 9.90. The van der Waals surface area contributed by atoms with Gasteiger partial charge in [-0.3, -0.25) is 9.69 Å². The molecule has 2 aliphatic heterocycles. The third kappa shape index (κ3) is 5.58. The molecule has 2 unspecified atom stereocenters. The lowest BCUT2D eigenvalue weighted by Gasteiger charge is -2.35. The Kier molecular flexibility index (Phi) is 9.22. The molecule has 0 spiro atoms. The maximum absolute atomic E-state index is 12.7. The van der Waals surface area contributed by atoms with Crippen LogP contribution >= 0.6 is 24.8 Å². The van der Waals surface area contributed by atoms with E-state index in [0.717, 1.165) is 32.5 Å². The number of nitrogens with one attached hydrogen (secondary N) is 2. The van der Waals surface area contributed by atoms with Crippen LogP contribution in [0.3, 0.4) is 0 Å². The summed E-state index contributed by atoms with van der Waals surface area (Å²) in [6.07, 6.45) is 5.75. The topological polar surface area (TPSA) is 44.4 Å². The van der Waals surface area contributed by atoms with Crippen molar-refractivity contribution < 1.29 is 4.79 Å². The second kappa shape index (κ2) is 10.4. The van der Waals surface area contributed by atoms with E-state index in [1.54, 1.807) is 0 Å². The first-order valence-electron chi connectivity index (χ1n) is 9.01. The van der Waals surface area contributed by atoms with Gasteiger partial charge in [0.1, 0.15) is 0 Å². The van der Waals surface area contributed by atoms with Crippen LogP contribution in [0.2, 0.25) is 0 Å². The largest absolute Gasteiger partial charge is 0.353 e. The van der Waals surface area contributed by atoms with Crippen LogP contribution < -0.4 is 10.6 Å². The smallest absolute Gasteiger partial charge is 0.240 e. The number of rotatable bonds is 5. The second-order valence-corrected chi connectivity index (χ2v) is 7.10. The van der Waals surface area contributed by atoms with Crippen molar-refractivity contribution in [3.05, 3.63) is 35.9 Å². The Labute approximate surface area is 163 Å². The lowest BCUT2D eigenvalue weighted by Crippen LogP contribution is -2.57.